The first-order valence-corrected chi connectivity index (χ1v) is 8.43. The van der Waals surface area contributed by atoms with Crippen molar-refractivity contribution >= 4 is 43.8 Å². The average Bonchev–Trinajstić information content (AvgIpc) is 2.94. The number of hydrogen-bond donors (Lipinski definition) is 2. The first-order valence-electron chi connectivity index (χ1n) is 6.30. The van der Waals surface area contributed by atoms with Gasteiger partial charge in [-0.2, -0.15) is 0 Å². The average molecular weight is 337 g/mol. The van der Waals surface area contributed by atoms with Crippen LogP contribution in [0.3, 0.4) is 0 Å². The number of aromatic hydroxyl groups is 1. The molecule has 22 heavy (non-hydrogen) atoms. The number of fused-ring (bicyclic) bond motifs is 1. The molecule has 2 heterocycles. The molecule has 2 N–H and O–H groups in total. The molecular formula is C13H11N3O4S2. The van der Waals surface area contributed by atoms with Gasteiger partial charge in [-0.15, -0.1) is 4.91 Å². The van der Waals surface area contributed by atoms with Gasteiger partial charge in [-0.05, 0) is 29.5 Å². The summed E-state index contributed by atoms with van der Waals surface area (Å²) in [6, 6.07) is 6.29. The van der Waals surface area contributed by atoms with Gasteiger partial charge in [-0.1, -0.05) is 18.2 Å². The molecule has 0 amide bonds. The fraction of sp³-hybridized carbons (Fsp3) is 0.154. The molecule has 9 heteroatoms. The second-order valence-electron chi connectivity index (χ2n) is 4.83. The third kappa shape index (κ3) is 2.38. The van der Waals surface area contributed by atoms with Crippen molar-refractivity contribution in [3.63, 3.8) is 0 Å². The van der Waals surface area contributed by atoms with Crippen LogP contribution >= 0.6 is 12.2 Å². The van der Waals surface area contributed by atoms with Gasteiger partial charge in [0.2, 0.25) is 5.88 Å². The Hall–Kier alpha value is -2.26. The molecular weight excluding hydrogens is 326 g/mol. The Balaban J connectivity index is 2.00. The van der Waals surface area contributed by atoms with Crippen molar-refractivity contribution in [1.29, 1.82) is 0 Å². The highest BCUT2D eigenvalue weighted by molar-refractivity contribution is 7.94. The van der Waals surface area contributed by atoms with Gasteiger partial charge < -0.3 is 10.4 Å². The van der Waals surface area contributed by atoms with Gasteiger partial charge in [0.1, 0.15) is 0 Å². The second-order valence-corrected chi connectivity index (χ2v) is 7.15. The van der Waals surface area contributed by atoms with Crippen molar-refractivity contribution in [3.8, 4) is 5.88 Å². The van der Waals surface area contributed by atoms with Crippen LogP contribution in [0.2, 0.25) is 0 Å². The lowest BCUT2D eigenvalue weighted by molar-refractivity contribution is 0.449. The van der Waals surface area contributed by atoms with Crippen molar-refractivity contribution in [2.24, 2.45) is 5.18 Å². The number of rotatable bonds is 2. The third-order valence-electron chi connectivity index (χ3n) is 3.36. The monoisotopic (exact) mass is 337 g/mol. The minimum atomic E-state index is -3.22. The Labute approximate surface area is 131 Å². The molecule has 1 aromatic carbocycles. The lowest BCUT2D eigenvalue weighted by atomic mass is 10.2. The zero-order chi connectivity index (χ0) is 15.9. The molecule has 0 spiro atoms. The van der Waals surface area contributed by atoms with E-state index < -0.39 is 15.9 Å². The van der Waals surface area contributed by atoms with Crippen molar-refractivity contribution < 1.29 is 13.5 Å². The molecule has 0 saturated carbocycles. The summed E-state index contributed by atoms with van der Waals surface area (Å²) < 4.78 is 24.1. The third-order valence-corrected chi connectivity index (χ3v) is 5.05. The summed E-state index contributed by atoms with van der Waals surface area (Å²) in [7, 11) is -3.22. The predicted molar refractivity (Wildman–Crippen MR) is 86.9 cm³/mol. The highest BCUT2D eigenvalue weighted by Gasteiger charge is 2.25. The Morgan fingerprint density at radius 3 is 2.77 bits per heavy atom. The van der Waals surface area contributed by atoms with Crippen LogP contribution < -0.4 is 5.32 Å². The van der Waals surface area contributed by atoms with Crippen LogP contribution in [-0.4, -0.2) is 35.0 Å². The molecule has 3 rings (SSSR count). The van der Waals surface area contributed by atoms with Gasteiger partial charge in [0.25, 0.3) is 0 Å². The molecule has 0 fully saturated rings. The van der Waals surface area contributed by atoms with Crippen LogP contribution in [0.4, 0.5) is 5.69 Å². The van der Waals surface area contributed by atoms with Crippen molar-refractivity contribution in [3.05, 3.63) is 40.7 Å². The summed E-state index contributed by atoms with van der Waals surface area (Å²) in [5.74, 6) is -0.482. The number of thiocarbonyl (C=S) groups is 1. The van der Waals surface area contributed by atoms with Crippen LogP contribution in [0.1, 0.15) is 0 Å². The van der Waals surface area contributed by atoms with Crippen LogP contribution in [0.15, 0.2) is 40.9 Å². The molecule has 0 bridgehead atoms. The summed E-state index contributed by atoms with van der Waals surface area (Å²) in [6.45, 7) is 0. The minimum Gasteiger partial charge on any atom is -0.493 e. The predicted octanol–water partition coefficient (Wildman–Crippen LogP) is 1.78. The molecule has 1 aliphatic heterocycles. The first-order chi connectivity index (χ1) is 10.4. The molecule has 1 aliphatic rings. The van der Waals surface area contributed by atoms with E-state index >= 15 is 0 Å². The summed E-state index contributed by atoms with van der Waals surface area (Å²) in [4.78, 5) is 10.9. The van der Waals surface area contributed by atoms with Gasteiger partial charge in [0.05, 0.1) is 17.3 Å². The number of benzene rings is 1. The Bertz CT molecular complexity index is 915. The maximum atomic E-state index is 11.4. The summed E-state index contributed by atoms with van der Waals surface area (Å²) in [5.41, 5.74) is 0.409. The van der Waals surface area contributed by atoms with Gasteiger partial charge in [0.15, 0.2) is 20.6 Å². The molecule has 114 valence electrons. The molecule has 7 nitrogen and oxygen atoms in total. The molecule has 1 aromatic heterocycles. The quantitative estimate of drug-likeness (QED) is 0.640. The van der Waals surface area contributed by atoms with Gasteiger partial charge >= 0.3 is 0 Å². The maximum Gasteiger partial charge on any atom is 0.229 e. The topological polar surface area (TPSA) is 101 Å². The molecule has 1 unspecified atom stereocenters. The lowest BCUT2D eigenvalue weighted by Gasteiger charge is -2.14. The summed E-state index contributed by atoms with van der Waals surface area (Å²) in [5, 5.41) is 17.5. The zero-order valence-corrected chi connectivity index (χ0v) is 12.8. The molecule has 0 aliphatic carbocycles. The SMILES string of the molecule is O=Nc1c(O)n(C(=S)NC2C=CS(=O)(=O)C2)c2ccccc12. The minimum absolute atomic E-state index is 0.0929. The number of sulfone groups is 1. The molecule has 2 aromatic rings. The molecule has 0 radical (unpaired) electrons. The van der Waals surface area contributed by atoms with Crippen LogP contribution in [-0.2, 0) is 9.84 Å². The fourth-order valence-electron chi connectivity index (χ4n) is 2.39. The van der Waals surface area contributed by atoms with E-state index in [1.165, 1.54) is 10.6 Å². The normalized spacial score (nSPS) is 19.4. The van der Waals surface area contributed by atoms with Crippen molar-refractivity contribution in [2.45, 2.75) is 6.04 Å². The number of para-hydroxylation sites is 1. The highest BCUT2D eigenvalue weighted by Crippen LogP contribution is 2.38. The number of nitrogens with zero attached hydrogens (tertiary/aromatic N) is 2. The lowest BCUT2D eigenvalue weighted by Crippen LogP contribution is -2.37. The summed E-state index contributed by atoms with van der Waals surface area (Å²) in [6.07, 6.45) is 1.49. The molecule has 0 saturated heterocycles. The van der Waals surface area contributed by atoms with Crippen molar-refractivity contribution in [1.82, 2.24) is 9.88 Å². The zero-order valence-electron chi connectivity index (χ0n) is 11.1. The van der Waals surface area contributed by atoms with E-state index in [4.69, 9.17) is 12.2 Å². The van der Waals surface area contributed by atoms with E-state index in [-0.39, 0.29) is 22.4 Å². The van der Waals surface area contributed by atoms with E-state index in [1.807, 2.05) is 0 Å². The van der Waals surface area contributed by atoms with E-state index in [2.05, 4.69) is 10.5 Å². The van der Waals surface area contributed by atoms with Crippen LogP contribution in [0, 0.1) is 4.91 Å². The number of hydrogen-bond acceptors (Lipinski definition) is 6. The highest BCUT2D eigenvalue weighted by atomic mass is 32.2. The number of nitroso groups, excluding NO2 is 1. The Morgan fingerprint density at radius 2 is 2.14 bits per heavy atom. The van der Waals surface area contributed by atoms with E-state index in [9.17, 15) is 18.4 Å². The Morgan fingerprint density at radius 1 is 1.41 bits per heavy atom. The van der Waals surface area contributed by atoms with Crippen molar-refractivity contribution in [2.75, 3.05) is 5.75 Å². The largest absolute Gasteiger partial charge is 0.493 e. The smallest absolute Gasteiger partial charge is 0.229 e. The maximum absolute atomic E-state index is 11.4. The fourth-order valence-corrected chi connectivity index (χ4v) is 3.97. The van der Waals surface area contributed by atoms with Crippen LogP contribution in [0.5, 0.6) is 5.88 Å². The standard InChI is InChI=1S/C13H11N3O4S2/c17-12-11(15-18)9-3-1-2-4-10(9)16(12)13(21)14-8-5-6-22(19,20)7-8/h1-6,8,17H,7H2,(H,14,21). The second kappa shape index (κ2) is 5.18. The number of nitrogens with one attached hydrogen (secondary N) is 1. The van der Waals surface area contributed by atoms with E-state index in [1.54, 1.807) is 24.3 Å². The molecule has 1 atom stereocenters. The van der Waals surface area contributed by atoms with E-state index in [0.29, 0.717) is 10.9 Å². The van der Waals surface area contributed by atoms with E-state index in [0.717, 1.165) is 5.41 Å². The van der Waals surface area contributed by atoms with Gasteiger partial charge in [0, 0.05) is 10.8 Å². The number of aromatic nitrogens is 1. The van der Waals surface area contributed by atoms with Crippen LogP contribution in [0.25, 0.3) is 10.9 Å². The Kier molecular flexibility index (Phi) is 3.45. The first kappa shape index (κ1) is 14.7. The summed E-state index contributed by atoms with van der Waals surface area (Å²) >= 11 is 5.23. The van der Waals surface area contributed by atoms with Gasteiger partial charge in [-0.25, -0.2) is 8.42 Å². The van der Waals surface area contributed by atoms with Gasteiger partial charge in [-0.3, -0.25) is 4.57 Å².